The van der Waals surface area contributed by atoms with Gasteiger partial charge in [-0.3, -0.25) is 18.3 Å². The molecule has 0 fully saturated rings. The fraction of sp³-hybridized carbons (Fsp3) is 0.0577. The molecule has 4 aromatic heterocycles. The van der Waals surface area contributed by atoms with Crippen LogP contribution >= 0.6 is 0 Å². The van der Waals surface area contributed by atoms with Crippen molar-refractivity contribution in [3.8, 4) is 17.2 Å². The van der Waals surface area contributed by atoms with E-state index in [-0.39, 0.29) is 6.54 Å². The lowest BCUT2D eigenvalue weighted by Crippen LogP contribution is -2.75. The zero-order chi connectivity index (χ0) is 42.2. The van der Waals surface area contributed by atoms with E-state index in [9.17, 15) is 2.74 Å². The molecule has 7 aromatic carbocycles. The Morgan fingerprint density at radius 2 is 1.18 bits per heavy atom. The average Bonchev–Trinajstić information content (AvgIpc) is 4.17. The van der Waals surface area contributed by atoms with Crippen LogP contribution in [0.4, 0.5) is 0 Å². The van der Waals surface area contributed by atoms with Crippen molar-refractivity contribution >= 4 is 56.7 Å². The summed E-state index contributed by atoms with van der Waals surface area (Å²) < 4.78 is 35.6. The van der Waals surface area contributed by atoms with E-state index in [1.807, 2.05) is 53.3 Å². The summed E-state index contributed by atoms with van der Waals surface area (Å²) >= 11 is 0. The molecule has 1 unspecified atom stereocenters. The van der Waals surface area contributed by atoms with E-state index in [1.165, 1.54) is 4.68 Å². The van der Waals surface area contributed by atoms with Crippen molar-refractivity contribution in [2.24, 2.45) is 0 Å². The van der Waals surface area contributed by atoms with Gasteiger partial charge in [0.15, 0.2) is 8.07 Å². The number of hydrogen-bond acceptors (Lipinski definition) is 4. The van der Waals surface area contributed by atoms with Crippen molar-refractivity contribution < 1.29 is 7.48 Å². The Kier molecular flexibility index (Phi) is 7.56. The van der Waals surface area contributed by atoms with Crippen LogP contribution in [0.5, 0.6) is 11.5 Å². The van der Waals surface area contributed by atoms with Crippen LogP contribution < -0.4 is 25.5 Å². The molecular weight excluding hydrogens is 767 g/mol. The molecule has 1 aliphatic rings. The van der Waals surface area contributed by atoms with Crippen LogP contribution in [-0.4, -0.2) is 41.6 Å². The van der Waals surface area contributed by atoms with Crippen LogP contribution in [0.3, 0.4) is 0 Å². The Hall–Kier alpha value is -7.75. The lowest BCUT2D eigenvalue weighted by atomic mass is 9.72. The predicted octanol–water partition coefficient (Wildman–Crippen LogP) is 7.99. The van der Waals surface area contributed by atoms with Gasteiger partial charge >= 0.3 is 0 Å². The first kappa shape index (κ1) is 33.1. The molecule has 0 radical (unpaired) electrons. The molecule has 61 heavy (non-hydrogen) atoms. The van der Waals surface area contributed by atoms with Crippen LogP contribution in [0.1, 0.15) is 13.9 Å². The van der Waals surface area contributed by atoms with Gasteiger partial charge in [0.1, 0.15) is 11.5 Å². The van der Waals surface area contributed by atoms with Gasteiger partial charge in [0.2, 0.25) is 5.78 Å². The Balaban J connectivity index is 1.19. The molecular formula is C52H39N7OSi. The highest BCUT2D eigenvalue weighted by Gasteiger charge is 2.49. The van der Waals surface area contributed by atoms with Crippen molar-refractivity contribution in [2.45, 2.75) is 18.5 Å². The van der Waals surface area contributed by atoms with Crippen molar-refractivity contribution in [2.75, 3.05) is 0 Å². The number of ether oxygens (including phenoxy) is 1. The van der Waals surface area contributed by atoms with Gasteiger partial charge in [-0.2, -0.15) is 10.2 Å². The number of rotatable bonds is 9. The van der Waals surface area contributed by atoms with Crippen LogP contribution in [0, 0.1) is 0 Å². The monoisotopic (exact) mass is 807 g/mol. The molecule has 12 rings (SSSR count). The van der Waals surface area contributed by atoms with Crippen molar-refractivity contribution in [1.82, 2.24) is 33.5 Å². The molecule has 11 aromatic rings. The summed E-state index contributed by atoms with van der Waals surface area (Å²) in [5.41, 5.74) is 5.17. The minimum absolute atomic E-state index is 0.180. The number of aromatic nitrogens is 7. The zero-order valence-corrected chi connectivity index (χ0v) is 34.0. The maximum Gasteiger partial charge on any atom is 0.220 e. The summed E-state index contributed by atoms with van der Waals surface area (Å²) in [6.45, 7) is -1.92. The van der Waals surface area contributed by atoms with Crippen molar-refractivity contribution in [1.29, 1.82) is 0 Å². The van der Waals surface area contributed by atoms with Gasteiger partial charge in [-0.15, -0.1) is 0 Å². The molecule has 0 saturated heterocycles. The van der Waals surface area contributed by atoms with E-state index in [1.54, 1.807) is 24.7 Å². The largest absolute Gasteiger partial charge is 0.457 e. The van der Waals surface area contributed by atoms with Gasteiger partial charge in [-0.05, 0) is 75.3 Å². The first-order chi connectivity index (χ1) is 31.0. The zero-order valence-electron chi connectivity index (χ0n) is 35.0. The summed E-state index contributed by atoms with van der Waals surface area (Å²) in [6.07, 6.45) is 6.97. The molecule has 8 nitrogen and oxygen atoms in total. The maximum absolute atomic E-state index is 10.3. The van der Waals surface area contributed by atoms with Gasteiger partial charge in [0.05, 0.1) is 43.3 Å². The number of fused-ring (bicyclic) bond motifs is 7. The molecule has 0 saturated carbocycles. The van der Waals surface area contributed by atoms with Crippen LogP contribution in [0.25, 0.3) is 33.5 Å². The Morgan fingerprint density at radius 1 is 0.557 bits per heavy atom. The average molecular weight is 808 g/mol. The van der Waals surface area contributed by atoms with E-state index in [0.717, 1.165) is 65.4 Å². The standard InChI is InChI=1S/C52H39N7OSi/c1-3-18-39(19-4-1)61(40-20-5-2-6-21-40,41-22-13-17-38(35-41)58-46-27-10-11-28-47(46)59-45-26-9-8-25-44(45)55-51(58)59)49-30-14-24-43-50(49)60-48-29-12-7-23-42(48)52(43,36-56-33-15-31-53-56)37-57-34-16-32-54-57/h1-35H,36-37H2/i36D2. The minimum Gasteiger partial charge on any atom is -0.457 e. The van der Waals surface area contributed by atoms with Gasteiger partial charge in [0.25, 0.3) is 0 Å². The number of nitrogens with zero attached hydrogens (tertiary/aromatic N) is 7. The lowest BCUT2D eigenvalue weighted by molar-refractivity contribution is 0.302. The van der Waals surface area contributed by atoms with E-state index in [2.05, 4.69) is 159 Å². The van der Waals surface area contributed by atoms with Gasteiger partial charge in [-0.25, -0.2) is 4.98 Å². The molecule has 0 aliphatic carbocycles. The van der Waals surface area contributed by atoms with E-state index >= 15 is 0 Å². The molecule has 9 heteroatoms. The number of hydrogen-bond donors (Lipinski definition) is 0. The second-order valence-electron chi connectivity index (χ2n) is 15.5. The SMILES string of the molecule is [2H]C([2H])(n1cccn1)C1(Cn2cccn2)c2ccccc2Oc2c1cccc2[Si](c1ccccc1)(c1ccccc1)c1cccc(-n2c3ccccc3n3c4ccccc4nc23)c1. The summed E-state index contributed by atoms with van der Waals surface area (Å²) in [6, 6.07) is 65.1. The number of benzene rings is 7. The van der Waals surface area contributed by atoms with Crippen molar-refractivity contribution in [3.05, 3.63) is 224 Å². The quantitative estimate of drug-likeness (QED) is 0.110. The third kappa shape index (κ3) is 5.33. The van der Waals surface area contributed by atoms with Crippen molar-refractivity contribution in [3.63, 3.8) is 0 Å². The van der Waals surface area contributed by atoms with E-state index in [4.69, 9.17) is 9.72 Å². The predicted molar refractivity (Wildman–Crippen MR) is 245 cm³/mol. The molecule has 0 N–H and O–H groups in total. The number of para-hydroxylation sites is 6. The highest BCUT2D eigenvalue weighted by atomic mass is 28.3. The first-order valence-corrected chi connectivity index (χ1v) is 22.5. The van der Waals surface area contributed by atoms with Crippen LogP contribution in [0.2, 0.25) is 0 Å². The fourth-order valence-electron chi connectivity index (χ4n) is 9.76. The number of imidazole rings is 2. The summed E-state index contributed by atoms with van der Waals surface area (Å²) in [7, 11) is -3.41. The highest BCUT2D eigenvalue weighted by Crippen LogP contribution is 2.50. The molecule has 1 atom stereocenters. The topological polar surface area (TPSA) is 67.1 Å². The normalized spacial score (nSPS) is 15.6. The molecule has 1 aliphatic heterocycles. The Bertz CT molecular complexity index is 3420. The van der Waals surface area contributed by atoms with Gasteiger partial charge in [0, 0.05) is 41.6 Å². The molecule has 0 bridgehead atoms. The maximum atomic E-state index is 10.3. The first-order valence-electron chi connectivity index (χ1n) is 21.5. The smallest absolute Gasteiger partial charge is 0.220 e. The third-order valence-corrected chi connectivity index (χ3v) is 17.0. The minimum atomic E-state index is -3.41. The molecule has 0 amide bonds. The third-order valence-electron chi connectivity index (χ3n) is 12.3. The summed E-state index contributed by atoms with van der Waals surface area (Å²) in [4.78, 5) is 5.23. The van der Waals surface area contributed by atoms with Crippen LogP contribution in [-0.2, 0) is 18.5 Å². The van der Waals surface area contributed by atoms with E-state index in [0.29, 0.717) is 11.5 Å². The summed E-state index contributed by atoms with van der Waals surface area (Å²) in [5, 5.41) is 13.7. The Morgan fingerprint density at radius 3 is 1.93 bits per heavy atom. The molecule has 292 valence electrons. The fourth-order valence-corrected chi connectivity index (χ4v) is 14.7. The van der Waals surface area contributed by atoms with Gasteiger partial charge < -0.3 is 4.74 Å². The van der Waals surface area contributed by atoms with Crippen LogP contribution in [0.15, 0.2) is 213 Å². The highest BCUT2D eigenvalue weighted by molar-refractivity contribution is 7.20. The Labute approximate surface area is 356 Å². The lowest BCUT2D eigenvalue weighted by Gasteiger charge is -2.43. The summed E-state index contributed by atoms with van der Waals surface area (Å²) in [5.74, 6) is 2.06. The molecule has 5 heterocycles. The molecule has 0 spiro atoms. The van der Waals surface area contributed by atoms with Gasteiger partial charge in [-0.1, -0.05) is 133 Å². The second-order valence-corrected chi connectivity index (χ2v) is 19.3. The second kappa shape index (κ2) is 13.9. The van der Waals surface area contributed by atoms with E-state index < -0.39 is 20.0 Å².